The highest BCUT2D eigenvalue weighted by atomic mass is 19.4. The quantitative estimate of drug-likeness (QED) is 0.595. The molecule has 11 heteroatoms. The molecular weight excluding hydrogens is 417 g/mol. The molecule has 1 atom stereocenters. The van der Waals surface area contributed by atoms with E-state index in [2.05, 4.69) is 5.32 Å². The van der Waals surface area contributed by atoms with E-state index in [0.29, 0.717) is 19.0 Å². The van der Waals surface area contributed by atoms with Gasteiger partial charge in [-0.25, -0.2) is 0 Å². The minimum atomic E-state index is -4.80. The summed E-state index contributed by atoms with van der Waals surface area (Å²) < 4.78 is 46.2. The number of nitrogens with zero attached hydrogens (tertiary/aromatic N) is 2. The van der Waals surface area contributed by atoms with Crippen LogP contribution in [0.3, 0.4) is 0 Å². The Morgan fingerprint density at radius 3 is 2.61 bits per heavy atom. The van der Waals surface area contributed by atoms with Gasteiger partial charge in [-0.3, -0.25) is 19.3 Å². The molecule has 0 unspecified atom stereocenters. The highest BCUT2D eigenvalue weighted by molar-refractivity contribution is 6.10. The number of hydrogen-bond donors (Lipinski definition) is 2. The fraction of sp³-hybridized carbons (Fsp3) is 0.550. The van der Waals surface area contributed by atoms with Gasteiger partial charge in [0.2, 0.25) is 5.91 Å². The fourth-order valence-corrected chi connectivity index (χ4v) is 3.56. The summed E-state index contributed by atoms with van der Waals surface area (Å²) in [6.45, 7) is 2.69. The van der Waals surface area contributed by atoms with Crippen molar-refractivity contribution in [3.63, 3.8) is 0 Å². The molecule has 1 heterocycles. The van der Waals surface area contributed by atoms with E-state index in [0.717, 1.165) is 25.0 Å². The van der Waals surface area contributed by atoms with Gasteiger partial charge in [-0.15, -0.1) is 0 Å². The molecule has 1 saturated heterocycles. The van der Waals surface area contributed by atoms with Crippen LogP contribution in [-0.2, 0) is 25.3 Å². The molecule has 0 radical (unpaired) electrons. The minimum absolute atomic E-state index is 0.0500. The normalized spacial score (nSPS) is 18.2. The number of rotatable bonds is 8. The number of nitrogens with two attached hydrogens (primary N) is 1. The molecule has 8 nitrogen and oxygen atoms in total. The summed E-state index contributed by atoms with van der Waals surface area (Å²) in [6.07, 6.45) is -2.85. The van der Waals surface area contributed by atoms with Crippen LogP contribution in [0, 0.1) is 5.92 Å². The van der Waals surface area contributed by atoms with Crippen molar-refractivity contribution in [2.75, 3.05) is 43.1 Å². The van der Waals surface area contributed by atoms with Crippen molar-refractivity contribution >= 4 is 29.1 Å². The SMILES string of the molecule is CCN(CC1CC1)[C@H](C(N)=O)C(=O)Nc1ccc(N2CCOCC2=O)cc1C(F)(F)F. The second kappa shape index (κ2) is 9.23. The van der Waals surface area contributed by atoms with Gasteiger partial charge in [-0.05, 0) is 43.5 Å². The molecule has 2 aliphatic rings. The molecule has 0 bridgehead atoms. The fourth-order valence-electron chi connectivity index (χ4n) is 3.56. The second-order valence-corrected chi connectivity index (χ2v) is 7.65. The number of carbonyl (C=O) groups excluding carboxylic acids is 3. The Hall–Kier alpha value is -2.66. The van der Waals surface area contributed by atoms with Crippen LogP contribution in [0.5, 0.6) is 0 Å². The Morgan fingerprint density at radius 2 is 2.06 bits per heavy atom. The zero-order chi connectivity index (χ0) is 22.8. The van der Waals surface area contributed by atoms with Crippen molar-refractivity contribution in [2.24, 2.45) is 11.7 Å². The maximum Gasteiger partial charge on any atom is 0.418 e. The van der Waals surface area contributed by atoms with Crippen LogP contribution in [0.15, 0.2) is 18.2 Å². The molecule has 0 aromatic heterocycles. The van der Waals surface area contributed by atoms with Crippen LogP contribution in [0.1, 0.15) is 25.3 Å². The Balaban J connectivity index is 1.87. The van der Waals surface area contributed by atoms with Crippen LogP contribution < -0.4 is 16.0 Å². The standard InChI is InChI=1S/C20H25F3N4O4/c1-2-26(10-12-3-4-12)17(18(24)29)19(30)25-15-6-5-13(9-14(15)20(21,22)23)27-7-8-31-11-16(27)28/h5-6,9,12,17H,2-4,7-8,10-11H2,1H3,(H2,24,29)(H,25,30)/t17-/m1/s1. The van der Waals surface area contributed by atoms with E-state index in [1.165, 1.54) is 11.0 Å². The molecule has 3 N–H and O–H groups in total. The third-order valence-electron chi connectivity index (χ3n) is 5.34. The van der Waals surface area contributed by atoms with E-state index in [1.807, 2.05) is 0 Å². The molecule has 1 aromatic rings. The summed E-state index contributed by atoms with van der Waals surface area (Å²) in [7, 11) is 0. The predicted octanol–water partition coefficient (Wildman–Crippen LogP) is 1.59. The molecule has 1 aliphatic heterocycles. The monoisotopic (exact) mass is 442 g/mol. The maximum absolute atomic E-state index is 13.7. The molecule has 31 heavy (non-hydrogen) atoms. The van der Waals surface area contributed by atoms with Gasteiger partial charge in [-0.2, -0.15) is 13.2 Å². The molecule has 2 fully saturated rings. The van der Waals surface area contributed by atoms with Crippen molar-refractivity contribution in [3.05, 3.63) is 23.8 Å². The maximum atomic E-state index is 13.7. The van der Waals surface area contributed by atoms with Crippen molar-refractivity contribution in [1.29, 1.82) is 0 Å². The summed E-state index contributed by atoms with van der Waals surface area (Å²) in [5.74, 6) is -1.95. The third-order valence-corrected chi connectivity index (χ3v) is 5.34. The summed E-state index contributed by atoms with van der Waals surface area (Å²) in [6, 6.07) is 1.82. The number of anilines is 2. The van der Waals surface area contributed by atoms with Gasteiger partial charge in [0.05, 0.1) is 17.9 Å². The smallest absolute Gasteiger partial charge is 0.370 e. The number of alkyl halides is 3. The minimum Gasteiger partial charge on any atom is -0.370 e. The van der Waals surface area contributed by atoms with Gasteiger partial charge >= 0.3 is 6.18 Å². The van der Waals surface area contributed by atoms with E-state index in [9.17, 15) is 27.6 Å². The third kappa shape index (κ3) is 5.53. The first kappa shape index (κ1) is 23.0. The number of nitrogens with one attached hydrogen (secondary N) is 1. The number of ether oxygens (including phenoxy) is 1. The van der Waals surface area contributed by atoms with Crippen molar-refractivity contribution in [3.8, 4) is 0 Å². The number of primary amides is 1. The molecule has 1 saturated carbocycles. The van der Waals surface area contributed by atoms with Crippen LogP contribution in [0.25, 0.3) is 0 Å². The second-order valence-electron chi connectivity index (χ2n) is 7.65. The molecule has 0 spiro atoms. The summed E-state index contributed by atoms with van der Waals surface area (Å²) in [4.78, 5) is 39.5. The van der Waals surface area contributed by atoms with Crippen molar-refractivity contribution in [1.82, 2.24) is 4.90 Å². The Labute approximate surface area is 177 Å². The number of hydrogen-bond acceptors (Lipinski definition) is 5. The van der Waals surface area contributed by atoms with Crippen LogP contribution in [0.2, 0.25) is 0 Å². The number of likely N-dealkylation sites (N-methyl/N-ethyl adjacent to an activating group) is 1. The molecule has 3 amide bonds. The largest absolute Gasteiger partial charge is 0.418 e. The molecule has 1 aliphatic carbocycles. The van der Waals surface area contributed by atoms with Gasteiger partial charge in [0.25, 0.3) is 11.8 Å². The first-order valence-electron chi connectivity index (χ1n) is 10.1. The van der Waals surface area contributed by atoms with Gasteiger partial charge in [0.1, 0.15) is 6.61 Å². The predicted molar refractivity (Wildman–Crippen MR) is 106 cm³/mol. The van der Waals surface area contributed by atoms with E-state index in [4.69, 9.17) is 10.5 Å². The lowest BCUT2D eigenvalue weighted by Crippen LogP contribution is -2.52. The van der Waals surface area contributed by atoms with Crippen LogP contribution in [-0.4, -0.2) is 61.5 Å². The summed E-state index contributed by atoms with van der Waals surface area (Å²) in [5.41, 5.74) is 3.83. The Bertz CT molecular complexity index is 857. The highest BCUT2D eigenvalue weighted by Gasteiger charge is 2.38. The van der Waals surface area contributed by atoms with E-state index in [-0.39, 0.29) is 25.4 Å². The number of morpholine rings is 1. The number of benzene rings is 1. The van der Waals surface area contributed by atoms with Gasteiger partial charge in [-0.1, -0.05) is 6.92 Å². The average Bonchev–Trinajstić information content (AvgIpc) is 3.51. The van der Waals surface area contributed by atoms with Crippen LogP contribution in [0.4, 0.5) is 24.5 Å². The van der Waals surface area contributed by atoms with Crippen LogP contribution >= 0.6 is 0 Å². The summed E-state index contributed by atoms with van der Waals surface area (Å²) in [5, 5.41) is 2.22. The summed E-state index contributed by atoms with van der Waals surface area (Å²) >= 11 is 0. The lowest BCUT2D eigenvalue weighted by molar-refractivity contribution is -0.137. The number of halogens is 3. The topological polar surface area (TPSA) is 105 Å². The lowest BCUT2D eigenvalue weighted by atomic mass is 10.1. The zero-order valence-electron chi connectivity index (χ0n) is 17.1. The first-order valence-corrected chi connectivity index (χ1v) is 10.1. The van der Waals surface area contributed by atoms with E-state index >= 15 is 0 Å². The average molecular weight is 442 g/mol. The number of carbonyl (C=O) groups is 3. The molecule has 170 valence electrons. The van der Waals surface area contributed by atoms with Gasteiger partial charge in [0.15, 0.2) is 6.04 Å². The zero-order valence-corrected chi connectivity index (χ0v) is 17.1. The van der Waals surface area contributed by atoms with E-state index in [1.54, 1.807) is 11.8 Å². The first-order chi connectivity index (χ1) is 14.6. The number of amides is 3. The van der Waals surface area contributed by atoms with Gasteiger partial charge in [0, 0.05) is 18.8 Å². The molecular formula is C20H25F3N4O4. The lowest BCUT2D eigenvalue weighted by Gasteiger charge is -2.29. The van der Waals surface area contributed by atoms with Crippen molar-refractivity contribution in [2.45, 2.75) is 32.0 Å². The highest BCUT2D eigenvalue weighted by Crippen LogP contribution is 2.38. The molecule has 3 rings (SSSR count). The Morgan fingerprint density at radius 1 is 1.35 bits per heavy atom. The Kier molecular flexibility index (Phi) is 6.85. The van der Waals surface area contributed by atoms with Crippen molar-refractivity contribution < 1.29 is 32.3 Å². The van der Waals surface area contributed by atoms with Gasteiger partial charge < -0.3 is 20.7 Å². The van der Waals surface area contributed by atoms with E-state index < -0.39 is 41.2 Å². The molecule has 1 aromatic carbocycles.